The van der Waals surface area contributed by atoms with Gasteiger partial charge in [-0.25, -0.2) is 0 Å². The van der Waals surface area contributed by atoms with E-state index in [4.69, 9.17) is 4.11 Å². The summed E-state index contributed by atoms with van der Waals surface area (Å²) >= 11 is 0. The Bertz CT molecular complexity index is 5260. The van der Waals surface area contributed by atoms with Crippen LogP contribution in [0.25, 0.3) is 77.9 Å². The quantitative estimate of drug-likeness (QED) is 0.126. The second-order valence-corrected chi connectivity index (χ2v) is 25.5. The van der Waals surface area contributed by atoms with Crippen molar-refractivity contribution in [2.24, 2.45) is 0 Å². The minimum Gasteiger partial charge on any atom is -0.310 e. The van der Waals surface area contributed by atoms with Gasteiger partial charge in [0.05, 0.1) is 23.6 Å². The van der Waals surface area contributed by atoms with Crippen LogP contribution >= 0.6 is 0 Å². The van der Waals surface area contributed by atoms with Gasteiger partial charge in [0.1, 0.15) is 0 Å². The first-order chi connectivity index (χ1) is 47.4. The second-order valence-electron chi connectivity index (χ2n) is 25.5. The lowest BCUT2D eigenvalue weighted by molar-refractivity contribution is 0.590. The van der Waals surface area contributed by atoms with E-state index in [1.54, 1.807) is 0 Å². The molecule has 0 N–H and O–H groups in total. The molecule has 0 saturated heterocycles. The summed E-state index contributed by atoms with van der Waals surface area (Å²) in [7, 11) is 0. The largest absolute Gasteiger partial charge is 0.310 e. The molecule has 1 aliphatic carbocycles. The van der Waals surface area contributed by atoms with E-state index in [-0.39, 0.29) is 35.1 Å². The van der Waals surface area contributed by atoms with Gasteiger partial charge in [-0.3, -0.25) is 0 Å². The number of hydrogen-bond donors (Lipinski definition) is 0. The highest BCUT2D eigenvalue weighted by molar-refractivity contribution is 7.00. The molecule has 0 saturated carbocycles. The Morgan fingerprint density at radius 3 is 1.25 bits per heavy atom. The van der Waals surface area contributed by atoms with Gasteiger partial charge in [-0.15, -0.1) is 0 Å². The Kier molecular flexibility index (Phi) is 11.9. The minimum atomic E-state index is -0.762. The maximum Gasteiger partial charge on any atom is 0.252 e. The SMILES string of the molecule is [2H]c1c([2H])c([2H])c(-c2ccc3c(c2)B2c4ccc(C(C)(C)C)cc4N(c4c(-c5ccccc5)cccc4-c4ccccc4)c4cc(-c5cccc6c5C(c5ccccc5)(c5ccccc5)c5ccccc5-6)cc(c42)N3c2c(-c3ccccc3)cccc2-c2ccccc2)c([2H])c1[2H]. The molecule has 2 heterocycles. The normalized spacial score (nSPS) is 13.9. The predicted molar refractivity (Wildman–Crippen MR) is 389 cm³/mol. The molecule has 0 spiro atoms. The third kappa shape index (κ3) is 8.71. The third-order valence-corrected chi connectivity index (χ3v) is 19.4. The second kappa shape index (κ2) is 22.1. The molecule has 14 aromatic rings. The average Bonchev–Trinajstić information content (AvgIpc) is 1.60. The summed E-state index contributed by atoms with van der Waals surface area (Å²) in [6.07, 6.45) is 0. The molecular weight excluding hydrogens is 1110 g/mol. The lowest BCUT2D eigenvalue weighted by Gasteiger charge is -2.46. The number of para-hydroxylation sites is 2. The van der Waals surface area contributed by atoms with Gasteiger partial charge in [-0.2, -0.15) is 0 Å². The zero-order valence-electron chi connectivity index (χ0n) is 56.4. The Labute approximate surface area is 547 Å². The van der Waals surface area contributed by atoms with Crippen LogP contribution in [-0.2, 0) is 10.8 Å². The first-order valence-electron chi connectivity index (χ1n) is 34.4. The van der Waals surface area contributed by atoms with Crippen LogP contribution in [0.15, 0.2) is 340 Å². The Hall–Kier alpha value is -11.3. The fourth-order valence-electron chi connectivity index (χ4n) is 15.4. The lowest BCUT2D eigenvalue weighted by Crippen LogP contribution is -2.61. The highest BCUT2D eigenvalue weighted by Crippen LogP contribution is 2.60. The first-order valence-corrected chi connectivity index (χ1v) is 31.9. The fourth-order valence-corrected chi connectivity index (χ4v) is 15.4. The Morgan fingerprint density at radius 2 is 0.750 bits per heavy atom. The smallest absolute Gasteiger partial charge is 0.252 e. The van der Waals surface area contributed by atoms with E-state index >= 15 is 0 Å². The van der Waals surface area contributed by atoms with Crippen LogP contribution in [-0.4, -0.2) is 6.71 Å². The van der Waals surface area contributed by atoms with Crippen molar-refractivity contribution >= 4 is 57.2 Å². The van der Waals surface area contributed by atoms with Crippen LogP contribution in [0.5, 0.6) is 0 Å². The van der Waals surface area contributed by atoms with Crippen LogP contribution in [0.2, 0.25) is 0 Å². The van der Waals surface area contributed by atoms with E-state index in [1.165, 1.54) is 38.9 Å². The number of benzene rings is 14. The van der Waals surface area contributed by atoms with Gasteiger partial charge in [-0.1, -0.05) is 336 Å². The average molecular weight is 1180 g/mol. The summed E-state index contributed by atoms with van der Waals surface area (Å²) in [6.45, 7) is 6.39. The molecule has 3 heteroatoms. The van der Waals surface area contributed by atoms with Crippen molar-refractivity contribution in [3.8, 4) is 77.9 Å². The molecule has 0 bridgehead atoms. The van der Waals surface area contributed by atoms with Crippen molar-refractivity contribution < 1.29 is 6.85 Å². The topological polar surface area (TPSA) is 6.48 Å². The molecule has 92 heavy (non-hydrogen) atoms. The minimum absolute atomic E-state index is 0.153. The molecule has 434 valence electrons. The molecule has 2 aliphatic heterocycles. The maximum absolute atomic E-state index is 9.54. The van der Waals surface area contributed by atoms with Gasteiger partial charge in [0.25, 0.3) is 6.71 Å². The van der Waals surface area contributed by atoms with E-state index in [1.807, 2.05) is 6.07 Å². The molecule has 2 nitrogen and oxygen atoms in total. The van der Waals surface area contributed by atoms with E-state index < -0.39 is 18.2 Å². The zero-order valence-corrected chi connectivity index (χ0v) is 51.4. The van der Waals surface area contributed by atoms with Crippen molar-refractivity contribution in [2.75, 3.05) is 9.80 Å². The Balaban J connectivity index is 1.09. The van der Waals surface area contributed by atoms with Gasteiger partial charge in [0.15, 0.2) is 0 Å². The van der Waals surface area contributed by atoms with Gasteiger partial charge in [0, 0.05) is 45.0 Å². The predicted octanol–water partition coefficient (Wildman–Crippen LogP) is 21.4. The molecule has 0 amide bonds. The molecule has 0 radical (unpaired) electrons. The summed E-state index contributed by atoms with van der Waals surface area (Å²) in [5, 5.41) is 0. The standard InChI is InChI=1S/C89H65BN2/c1-88(2,3)69-53-54-78-81(59-69)92(87-73(63-36-17-7-18-37-63)48-29-49-74(87)64-38-19-8-20-39-64)83-58-66(70-45-27-50-76-75-44-25-26-51-77(75)89(84(70)76,67-40-21-9-22-41-67)68-42-23-10-24-43-68)57-82-85(83)90(78)79-56-65(60-30-11-4-12-31-60)52-55-80(79)91(82)86-71(61-32-13-5-14-33-61)46-28-47-72(86)62-34-15-6-16-35-62/h4-59H,1-3H3/i4D,11D,12D,30D,31D. The molecule has 17 rings (SSSR count). The van der Waals surface area contributed by atoms with Crippen LogP contribution in [0.3, 0.4) is 0 Å². The molecule has 0 atom stereocenters. The van der Waals surface area contributed by atoms with Crippen molar-refractivity contribution in [1.29, 1.82) is 0 Å². The molecular formula is C89H65BN2. The maximum atomic E-state index is 9.54. The summed E-state index contributed by atoms with van der Waals surface area (Å²) < 4.78 is 45.9. The third-order valence-electron chi connectivity index (χ3n) is 19.4. The van der Waals surface area contributed by atoms with E-state index in [9.17, 15) is 2.74 Å². The lowest BCUT2D eigenvalue weighted by atomic mass is 9.33. The van der Waals surface area contributed by atoms with Crippen LogP contribution < -0.4 is 26.2 Å². The molecule has 0 unspecified atom stereocenters. The van der Waals surface area contributed by atoms with Gasteiger partial charge < -0.3 is 9.80 Å². The summed E-state index contributed by atoms with van der Waals surface area (Å²) in [5.74, 6) is 0. The highest BCUT2D eigenvalue weighted by atomic mass is 15.2. The molecule has 3 aliphatic rings. The molecule has 0 aromatic heterocycles. The molecule has 0 fully saturated rings. The Morgan fingerprint density at radius 1 is 0.315 bits per heavy atom. The zero-order chi connectivity index (χ0) is 65.8. The highest BCUT2D eigenvalue weighted by Gasteiger charge is 2.50. The van der Waals surface area contributed by atoms with Crippen molar-refractivity contribution in [3.63, 3.8) is 0 Å². The van der Waals surface area contributed by atoms with Gasteiger partial charge >= 0.3 is 0 Å². The molecule has 14 aromatic carbocycles. The van der Waals surface area contributed by atoms with Crippen LogP contribution in [0.1, 0.15) is 55.4 Å². The first kappa shape index (κ1) is 49.6. The number of fused-ring (bicyclic) bond motifs is 7. The van der Waals surface area contributed by atoms with Crippen molar-refractivity contribution in [2.45, 2.75) is 31.6 Å². The number of anilines is 6. The van der Waals surface area contributed by atoms with E-state index in [0.717, 1.165) is 106 Å². The fraction of sp³-hybridized carbons (Fsp3) is 0.0562. The number of nitrogens with zero attached hydrogens (tertiary/aromatic N) is 2. The van der Waals surface area contributed by atoms with E-state index in [0.29, 0.717) is 5.56 Å². The summed E-state index contributed by atoms with van der Waals surface area (Å²) in [5.41, 5.74) is 27.4. The van der Waals surface area contributed by atoms with Gasteiger partial charge in [0.2, 0.25) is 0 Å². The van der Waals surface area contributed by atoms with Gasteiger partial charge in [-0.05, 0) is 130 Å². The number of hydrogen-bond acceptors (Lipinski definition) is 2. The van der Waals surface area contributed by atoms with Crippen LogP contribution in [0, 0.1) is 0 Å². The van der Waals surface area contributed by atoms with Crippen LogP contribution in [0.4, 0.5) is 34.1 Å². The summed E-state index contributed by atoms with van der Waals surface area (Å²) in [4.78, 5) is 5.11. The van der Waals surface area contributed by atoms with E-state index in [2.05, 4.69) is 334 Å². The summed E-state index contributed by atoms with van der Waals surface area (Å²) in [6, 6.07) is 111. The van der Waals surface area contributed by atoms with Crippen molar-refractivity contribution in [3.05, 3.63) is 367 Å². The number of rotatable bonds is 10. The monoisotopic (exact) mass is 1180 g/mol. The van der Waals surface area contributed by atoms with Crippen molar-refractivity contribution in [1.82, 2.24) is 0 Å².